The van der Waals surface area contributed by atoms with Crippen LogP contribution < -0.4 is 5.73 Å². The molecule has 2 heterocycles. The van der Waals surface area contributed by atoms with Gasteiger partial charge in [0.2, 0.25) is 0 Å². The normalized spacial score (nSPS) is 11.9. The highest BCUT2D eigenvalue weighted by Crippen LogP contribution is 2.21. The van der Waals surface area contributed by atoms with E-state index in [1.54, 1.807) is 24.5 Å². The number of anilines is 1. The third-order valence-electron chi connectivity index (χ3n) is 2.36. The first-order valence-corrected chi connectivity index (χ1v) is 6.51. The first kappa shape index (κ1) is 12.5. The van der Waals surface area contributed by atoms with E-state index < -0.39 is 10.2 Å². The summed E-state index contributed by atoms with van der Waals surface area (Å²) in [6.07, 6.45) is 3.20. The number of aromatic nitrogens is 3. The molecule has 0 spiro atoms. The van der Waals surface area contributed by atoms with Crippen molar-refractivity contribution in [2.24, 2.45) is 0 Å². The predicted molar refractivity (Wildman–Crippen MR) is 67.9 cm³/mol. The van der Waals surface area contributed by atoms with E-state index in [2.05, 4.69) is 10.1 Å². The van der Waals surface area contributed by atoms with Gasteiger partial charge in [-0.2, -0.15) is 17.8 Å². The van der Waals surface area contributed by atoms with Gasteiger partial charge in [-0.05, 0) is 12.1 Å². The molecule has 0 aromatic carbocycles. The zero-order valence-electron chi connectivity index (χ0n) is 9.98. The van der Waals surface area contributed by atoms with Gasteiger partial charge < -0.3 is 5.73 Å². The number of rotatable bonds is 3. The van der Waals surface area contributed by atoms with Gasteiger partial charge in [-0.15, -0.1) is 4.09 Å². The highest BCUT2D eigenvalue weighted by atomic mass is 32.2. The largest absolute Gasteiger partial charge is 0.383 e. The van der Waals surface area contributed by atoms with E-state index in [1.165, 1.54) is 20.2 Å². The molecule has 2 rings (SSSR count). The lowest BCUT2D eigenvalue weighted by Gasteiger charge is -2.11. The van der Waals surface area contributed by atoms with Gasteiger partial charge in [0.15, 0.2) is 0 Å². The van der Waals surface area contributed by atoms with Crippen LogP contribution in [0.25, 0.3) is 11.3 Å². The highest BCUT2D eigenvalue weighted by molar-refractivity contribution is 7.87. The number of nitrogens with two attached hydrogens (primary N) is 1. The number of nitrogen functional groups attached to an aromatic ring is 1. The molecule has 0 aliphatic carbocycles. The van der Waals surface area contributed by atoms with Crippen LogP contribution in [0.4, 0.5) is 5.82 Å². The lowest BCUT2D eigenvalue weighted by Crippen LogP contribution is -2.30. The van der Waals surface area contributed by atoms with Crippen LogP contribution in [-0.4, -0.2) is 41.0 Å². The van der Waals surface area contributed by atoms with E-state index in [9.17, 15) is 8.42 Å². The number of hydrogen-bond acceptors (Lipinski definition) is 5. The Morgan fingerprint density at radius 1 is 1.28 bits per heavy atom. The van der Waals surface area contributed by atoms with Gasteiger partial charge in [-0.1, -0.05) is 0 Å². The summed E-state index contributed by atoms with van der Waals surface area (Å²) < 4.78 is 25.7. The van der Waals surface area contributed by atoms with Crippen LogP contribution in [0.1, 0.15) is 0 Å². The summed E-state index contributed by atoms with van der Waals surface area (Å²) in [6, 6.07) is 4.97. The molecule has 0 saturated heterocycles. The second-order valence-electron chi connectivity index (χ2n) is 3.82. The van der Waals surface area contributed by atoms with Crippen molar-refractivity contribution in [3.8, 4) is 11.3 Å². The maximum absolute atomic E-state index is 11.9. The molecule has 0 atom stereocenters. The Hall–Kier alpha value is -1.93. The third kappa shape index (κ3) is 2.07. The maximum atomic E-state index is 11.9. The summed E-state index contributed by atoms with van der Waals surface area (Å²) in [6.45, 7) is 0. The van der Waals surface area contributed by atoms with Crippen LogP contribution in [0.3, 0.4) is 0 Å². The molecule has 0 fully saturated rings. The van der Waals surface area contributed by atoms with Crippen LogP contribution in [0.15, 0.2) is 30.6 Å². The van der Waals surface area contributed by atoms with Gasteiger partial charge in [0, 0.05) is 38.1 Å². The summed E-state index contributed by atoms with van der Waals surface area (Å²) in [5.41, 5.74) is 6.92. The van der Waals surface area contributed by atoms with E-state index in [-0.39, 0.29) is 5.82 Å². The van der Waals surface area contributed by atoms with Crippen LogP contribution in [0.5, 0.6) is 0 Å². The third-order valence-corrected chi connectivity index (χ3v) is 4.01. The fourth-order valence-corrected chi connectivity index (χ4v) is 2.20. The molecule has 0 radical (unpaired) electrons. The van der Waals surface area contributed by atoms with Crippen molar-refractivity contribution in [3.05, 3.63) is 30.6 Å². The standard InChI is InChI=1S/C10H13N5O2S/c1-14(2)18(16,17)15-10(11)7-9(13-15)8-3-5-12-6-4-8/h3-7H,11H2,1-2H3. The van der Waals surface area contributed by atoms with Crippen molar-refractivity contribution in [1.29, 1.82) is 0 Å². The molecule has 0 aliphatic rings. The summed E-state index contributed by atoms with van der Waals surface area (Å²) in [5.74, 6) is 0.0653. The number of pyridine rings is 1. The smallest absolute Gasteiger partial charge is 0.324 e. The molecular weight excluding hydrogens is 254 g/mol. The first-order valence-electron chi connectivity index (χ1n) is 5.12. The van der Waals surface area contributed by atoms with Crippen molar-refractivity contribution in [3.63, 3.8) is 0 Å². The minimum atomic E-state index is -3.70. The van der Waals surface area contributed by atoms with E-state index in [0.717, 1.165) is 14.0 Å². The van der Waals surface area contributed by atoms with Crippen molar-refractivity contribution in [1.82, 2.24) is 18.5 Å². The topological polar surface area (TPSA) is 94.1 Å². The van der Waals surface area contributed by atoms with Crippen molar-refractivity contribution < 1.29 is 8.42 Å². The Kier molecular flexibility index (Phi) is 3.05. The summed E-state index contributed by atoms with van der Waals surface area (Å²) >= 11 is 0. The van der Waals surface area contributed by atoms with Gasteiger partial charge in [-0.3, -0.25) is 4.98 Å². The molecule has 18 heavy (non-hydrogen) atoms. The predicted octanol–water partition coefficient (Wildman–Crippen LogP) is 0.182. The molecular formula is C10H13N5O2S. The molecule has 2 aromatic rings. The zero-order valence-corrected chi connectivity index (χ0v) is 10.8. The summed E-state index contributed by atoms with van der Waals surface area (Å²) in [5, 5.41) is 4.01. The minimum absolute atomic E-state index is 0.0653. The van der Waals surface area contributed by atoms with Crippen molar-refractivity contribution >= 4 is 16.0 Å². The lowest BCUT2D eigenvalue weighted by molar-refractivity contribution is 0.505. The Bertz CT molecular complexity index is 648. The highest BCUT2D eigenvalue weighted by Gasteiger charge is 2.21. The Morgan fingerprint density at radius 3 is 2.44 bits per heavy atom. The first-order chi connectivity index (χ1) is 8.43. The summed E-state index contributed by atoms with van der Waals surface area (Å²) in [4.78, 5) is 3.88. The Labute approximate surface area is 105 Å². The summed E-state index contributed by atoms with van der Waals surface area (Å²) in [7, 11) is -0.858. The minimum Gasteiger partial charge on any atom is -0.383 e. The molecule has 2 aromatic heterocycles. The van der Waals surface area contributed by atoms with Gasteiger partial charge in [-0.25, -0.2) is 0 Å². The van der Waals surface area contributed by atoms with Gasteiger partial charge >= 0.3 is 10.2 Å². The number of nitrogens with zero attached hydrogens (tertiary/aromatic N) is 4. The van der Waals surface area contributed by atoms with Gasteiger partial charge in [0.25, 0.3) is 0 Å². The van der Waals surface area contributed by atoms with Crippen LogP contribution in [0, 0.1) is 0 Å². The van der Waals surface area contributed by atoms with Crippen LogP contribution in [-0.2, 0) is 10.2 Å². The molecule has 7 nitrogen and oxygen atoms in total. The van der Waals surface area contributed by atoms with E-state index in [1.807, 2.05) is 0 Å². The molecule has 0 amide bonds. The second kappa shape index (κ2) is 4.39. The molecule has 0 saturated carbocycles. The van der Waals surface area contributed by atoms with Crippen LogP contribution in [0.2, 0.25) is 0 Å². The Balaban J connectivity index is 2.53. The Morgan fingerprint density at radius 2 is 1.89 bits per heavy atom. The fraction of sp³-hybridized carbons (Fsp3) is 0.200. The SMILES string of the molecule is CN(C)S(=O)(=O)n1nc(-c2ccncc2)cc1N. The fourth-order valence-electron chi connectivity index (χ4n) is 1.38. The van der Waals surface area contributed by atoms with E-state index >= 15 is 0 Å². The van der Waals surface area contributed by atoms with Crippen molar-refractivity contribution in [2.45, 2.75) is 0 Å². The lowest BCUT2D eigenvalue weighted by atomic mass is 10.2. The monoisotopic (exact) mass is 267 g/mol. The molecule has 0 aliphatic heterocycles. The number of hydrogen-bond donors (Lipinski definition) is 1. The molecule has 0 bridgehead atoms. The zero-order chi connectivity index (χ0) is 13.3. The van der Waals surface area contributed by atoms with Gasteiger partial charge in [0.1, 0.15) is 5.82 Å². The van der Waals surface area contributed by atoms with Gasteiger partial charge in [0.05, 0.1) is 5.69 Å². The molecule has 0 unspecified atom stereocenters. The average molecular weight is 267 g/mol. The average Bonchev–Trinajstić information content (AvgIpc) is 2.73. The van der Waals surface area contributed by atoms with E-state index in [4.69, 9.17) is 5.73 Å². The van der Waals surface area contributed by atoms with Crippen molar-refractivity contribution in [2.75, 3.05) is 19.8 Å². The van der Waals surface area contributed by atoms with Crippen LogP contribution >= 0.6 is 0 Å². The molecule has 8 heteroatoms. The molecule has 2 N–H and O–H groups in total. The molecule has 96 valence electrons. The second-order valence-corrected chi connectivity index (χ2v) is 5.80. The maximum Gasteiger partial charge on any atom is 0.324 e. The van der Waals surface area contributed by atoms with E-state index in [0.29, 0.717) is 5.69 Å². The quantitative estimate of drug-likeness (QED) is 0.856.